The summed E-state index contributed by atoms with van der Waals surface area (Å²) in [5.41, 5.74) is 1.88. The van der Waals surface area contributed by atoms with Crippen LogP contribution < -0.4 is 4.90 Å². The standard InChI is InChI=1S/C14H20N2O/c1-2-7-15-8-10-16(11-9-15)14-6-4-3-5-13(14)12-17/h3-6,12H,2,7-11H2,1H3. The molecule has 0 amide bonds. The van der Waals surface area contributed by atoms with Crippen LogP contribution in [0.25, 0.3) is 0 Å². The summed E-state index contributed by atoms with van der Waals surface area (Å²) in [5, 5.41) is 0. The third-order valence-electron chi connectivity index (χ3n) is 3.32. The topological polar surface area (TPSA) is 23.6 Å². The van der Waals surface area contributed by atoms with E-state index in [2.05, 4.69) is 16.7 Å². The molecule has 1 aromatic carbocycles. The number of para-hydroxylation sites is 1. The molecule has 1 aliphatic rings. The molecule has 0 unspecified atom stereocenters. The molecule has 0 radical (unpaired) electrons. The van der Waals surface area contributed by atoms with Crippen LogP contribution in [0.3, 0.4) is 0 Å². The number of hydrogen-bond donors (Lipinski definition) is 0. The van der Waals surface area contributed by atoms with Crippen LogP contribution in [0, 0.1) is 0 Å². The fourth-order valence-electron chi connectivity index (χ4n) is 2.40. The summed E-state index contributed by atoms with van der Waals surface area (Å²) in [6.45, 7) is 7.63. The number of benzene rings is 1. The number of carbonyl (C=O) groups is 1. The Morgan fingerprint density at radius 2 is 1.88 bits per heavy atom. The molecule has 3 heteroatoms. The van der Waals surface area contributed by atoms with Crippen LogP contribution in [0.15, 0.2) is 24.3 Å². The molecule has 3 nitrogen and oxygen atoms in total. The number of rotatable bonds is 4. The van der Waals surface area contributed by atoms with Gasteiger partial charge in [0.25, 0.3) is 0 Å². The molecule has 17 heavy (non-hydrogen) atoms. The van der Waals surface area contributed by atoms with Gasteiger partial charge in [-0.05, 0) is 25.1 Å². The van der Waals surface area contributed by atoms with Crippen molar-refractivity contribution in [2.24, 2.45) is 0 Å². The number of aldehydes is 1. The van der Waals surface area contributed by atoms with Gasteiger partial charge in [0.2, 0.25) is 0 Å². The summed E-state index contributed by atoms with van der Waals surface area (Å²) < 4.78 is 0. The number of piperazine rings is 1. The van der Waals surface area contributed by atoms with Crippen molar-refractivity contribution in [3.05, 3.63) is 29.8 Å². The molecule has 0 spiro atoms. The first-order chi connectivity index (χ1) is 8.35. The molecule has 2 rings (SSSR count). The predicted octanol–water partition coefficient (Wildman–Crippen LogP) is 2.03. The van der Waals surface area contributed by atoms with Gasteiger partial charge in [-0.2, -0.15) is 0 Å². The Kier molecular flexibility index (Phi) is 4.15. The second-order valence-corrected chi connectivity index (χ2v) is 4.51. The predicted molar refractivity (Wildman–Crippen MR) is 70.8 cm³/mol. The Morgan fingerprint density at radius 3 is 2.53 bits per heavy atom. The average molecular weight is 232 g/mol. The third kappa shape index (κ3) is 2.86. The van der Waals surface area contributed by atoms with E-state index in [1.807, 2.05) is 24.3 Å². The fourth-order valence-corrected chi connectivity index (χ4v) is 2.40. The van der Waals surface area contributed by atoms with Gasteiger partial charge in [0.1, 0.15) is 0 Å². The smallest absolute Gasteiger partial charge is 0.152 e. The normalized spacial score (nSPS) is 17.1. The molecular weight excluding hydrogens is 212 g/mol. The van der Waals surface area contributed by atoms with E-state index in [0.29, 0.717) is 0 Å². The molecule has 1 heterocycles. The second-order valence-electron chi connectivity index (χ2n) is 4.51. The lowest BCUT2D eigenvalue weighted by atomic mass is 10.1. The van der Waals surface area contributed by atoms with Gasteiger partial charge in [0, 0.05) is 37.4 Å². The highest BCUT2D eigenvalue weighted by Crippen LogP contribution is 2.20. The molecule has 1 fully saturated rings. The van der Waals surface area contributed by atoms with Crippen LogP contribution in [-0.2, 0) is 0 Å². The zero-order valence-electron chi connectivity index (χ0n) is 10.4. The number of nitrogens with zero attached hydrogens (tertiary/aromatic N) is 2. The van der Waals surface area contributed by atoms with Gasteiger partial charge in [0.05, 0.1) is 0 Å². The van der Waals surface area contributed by atoms with Crippen molar-refractivity contribution >= 4 is 12.0 Å². The molecule has 1 aromatic rings. The van der Waals surface area contributed by atoms with E-state index in [1.165, 1.54) is 13.0 Å². The molecular formula is C14H20N2O. The molecule has 0 atom stereocenters. The highest BCUT2D eigenvalue weighted by atomic mass is 16.1. The minimum absolute atomic E-state index is 0.802. The van der Waals surface area contributed by atoms with Gasteiger partial charge >= 0.3 is 0 Å². The molecule has 0 saturated carbocycles. The van der Waals surface area contributed by atoms with Gasteiger partial charge in [-0.25, -0.2) is 0 Å². The van der Waals surface area contributed by atoms with Crippen molar-refractivity contribution < 1.29 is 4.79 Å². The van der Waals surface area contributed by atoms with Crippen LogP contribution in [-0.4, -0.2) is 43.9 Å². The quantitative estimate of drug-likeness (QED) is 0.742. The van der Waals surface area contributed by atoms with Gasteiger partial charge in [0.15, 0.2) is 6.29 Å². The Bertz CT molecular complexity index is 370. The van der Waals surface area contributed by atoms with E-state index in [0.717, 1.165) is 43.7 Å². The Labute approximate surface area is 103 Å². The van der Waals surface area contributed by atoms with Gasteiger partial charge in [-0.3, -0.25) is 9.69 Å². The monoisotopic (exact) mass is 232 g/mol. The maximum atomic E-state index is 11.0. The van der Waals surface area contributed by atoms with Crippen molar-refractivity contribution in [3.8, 4) is 0 Å². The minimum Gasteiger partial charge on any atom is -0.368 e. The van der Waals surface area contributed by atoms with Crippen molar-refractivity contribution in [1.29, 1.82) is 0 Å². The average Bonchev–Trinajstić information content (AvgIpc) is 2.40. The number of hydrogen-bond acceptors (Lipinski definition) is 3. The Balaban J connectivity index is 2.02. The van der Waals surface area contributed by atoms with Crippen molar-refractivity contribution in [1.82, 2.24) is 4.90 Å². The lowest BCUT2D eigenvalue weighted by molar-refractivity contribution is 0.112. The first-order valence-corrected chi connectivity index (χ1v) is 6.36. The first-order valence-electron chi connectivity index (χ1n) is 6.36. The Morgan fingerprint density at radius 1 is 1.18 bits per heavy atom. The van der Waals surface area contributed by atoms with E-state index >= 15 is 0 Å². The van der Waals surface area contributed by atoms with Gasteiger partial charge in [-0.1, -0.05) is 19.1 Å². The lowest BCUT2D eigenvalue weighted by Gasteiger charge is -2.36. The van der Waals surface area contributed by atoms with Crippen molar-refractivity contribution in [2.75, 3.05) is 37.6 Å². The maximum absolute atomic E-state index is 11.0. The van der Waals surface area contributed by atoms with Gasteiger partial charge in [-0.15, -0.1) is 0 Å². The molecule has 0 bridgehead atoms. The van der Waals surface area contributed by atoms with E-state index in [1.54, 1.807) is 0 Å². The molecule has 1 saturated heterocycles. The molecule has 92 valence electrons. The van der Waals surface area contributed by atoms with E-state index in [9.17, 15) is 4.79 Å². The summed E-state index contributed by atoms with van der Waals surface area (Å²) in [4.78, 5) is 15.8. The van der Waals surface area contributed by atoms with E-state index in [-0.39, 0.29) is 0 Å². The fraction of sp³-hybridized carbons (Fsp3) is 0.500. The summed E-state index contributed by atoms with van der Waals surface area (Å²) in [5.74, 6) is 0. The molecule has 0 aliphatic carbocycles. The SMILES string of the molecule is CCCN1CCN(c2ccccc2C=O)CC1. The number of carbonyl (C=O) groups excluding carboxylic acids is 1. The highest BCUT2D eigenvalue weighted by molar-refractivity contribution is 5.84. The second kappa shape index (κ2) is 5.82. The largest absolute Gasteiger partial charge is 0.368 e. The van der Waals surface area contributed by atoms with Crippen LogP contribution in [0.5, 0.6) is 0 Å². The maximum Gasteiger partial charge on any atom is 0.152 e. The van der Waals surface area contributed by atoms with Gasteiger partial charge < -0.3 is 4.90 Å². The van der Waals surface area contributed by atoms with Crippen LogP contribution >= 0.6 is 0 Å². The molecule has 0 N–H and O–H groups in total. The van der Waals surface area contributed by atoms with Crippen molar-refractivity contribution in [2.45, 2.75) is 13.3 Å². The first kappa shape index (κ1) is 12.1. The summed E-state index contributed by atoms with van der Waals surface area (Å²) in [6.07, 6.45) is 2.17. The zero-order valence-corrected chi connectivity index (χ0v) is 10.4. The third-order valence-corrected chi connectivity index (χ3v) is 3.32. The van der Waals surface area contributed by atoms with Crippen LogP contribution in [0.1, 0.15) is 23.7 Å². The summed E-state index contributed by atoms with van der Waals surface area (Å²) >= 11 is 0. The summed E-state index contributed by atoms with van der Waals surface area (Å²) in [6, 6.07) is 7.85. The van der Waals surface area contributed by atoms with E-state index in [4.69, 9.17) is 0 Å². The minimum atomic E-state index is 0.802. The van der Waals surface area contributed by atoms with E-state index < -0.39 is 0 Å². The van der Waals surface area contributed by atoms with Crippen LogP contribution in [0.2, 0.25) is 0 Å². The highest BCUT2D eigenvalue weighted by Gasteiger charge is 2.17. The molecule has 0 aromatic heterocycles. The zero-order chi connectivity index (χ0) is 12.1. The molecule has 1 aliphatic heterocycles. The van der Waals surface area contributed by atoms with Crippen LogP contribution in [0.4, 0.5) is 5.69 Å². The number of anilines is 1. The Hall–Kier alpha value is -1.35. The lowest BCUT2D eigenvalue weighted by Crippen LogP contribution is -2.46. The summed E-state index contributed by atoms with van der Waals surface area (Å²) in [7, 11) is 0. The van der Waals surface area contributed by atoms with Crippen molar-refractivity contribution in [3.63, 3.8) is 0 Å².